The van der Waals surface area contributed by atoms with Crippen LogP contribution in [0.15, 0.2) is 41.5 Å². The maximum atomic E-state index is 13.1. The molecule has 0 saturated carbocycles. The van der Waals surface area contributed by atoms with Crippen LogP contribution >= 0.6 is 0 Å². The van der Waals surface area contributed by atoms with E-state index in [0.29, 0.717) is 6.54 Å². The molecule has 9 heteroatoms. The maximum Gasteiger partial charge on any atom is 0.191 e. The standard InChI is InChI=1S/C20H25FN8/c1-14-24-19-8-5-17(13-29(19)26-14)25-20(22-2)23-11-9-16-10-12-28(27-16)18-6-3-15(21)4-7-18/h3-4,6-7,10,12,17H,5,8-9,11,13H2,1-2H3,(H2,22,23,25). The van der Waals surface area contributed by atoms with Crippen LogP contribution in [0.25, 0.3) is 5.69 Å². The fourth-order valence-electron chi connectivity index (χ4n) is 3.48. The summed E-state index contributed by atoms with van der Waals surface area (Å²) in [5.74, 6) is 2.40. The van der Waals surface area contributed by atoms with Gasteiger partial charge < -0.3 is 10.6 Å². The summed E-state index contributed by atoms with van der Waals surface area (Å²) in [5, 5.41) is 15.8. The minimum atomic E-state index is -0.252. The number of nitrogens with zero attached hydrogens (tertiary/aromatic N) is 6. The second kappa shape index (κ2) is 8.42. The van der Waals surface area contributed by atoms with Crippen molar-refractivity contribution >= 4 is 5.96 Å². The minimum absolute atomic E-state index is 0.252. The number of fused-ring (bicyclic) bond motifs is 1. The Morgan fingerprint density at radius 2 is 2.07 bits per heavy atom. The Morgan fingerprint density at radius 1 is 1.24 bits per heavy atom. The lowest BCUT2D eigenvalue weighted by Crippen LogP contribution is -2.47. The van der Waals surface area contributed by atoms with Crippen LogP contribution in [0.4, 0.5) is 4.39 Å². The van der Waals surface area contributed by atoms with Crippen LogP contribution in [0.5, 0.6) is 0 Å². The largest absolute Gasteiger partial charge is 0.356 e. The Morgan fingerprint density at radius 3 is 2.86 bits per heavy atom. The Kier molecular flexibility index (Phi) is 5.55. The Hall–Kier alpha value is -3.23. The molecule has 3 aromatic rings. The van der Waals surface area contributed by atoms with Gasteiger partial charge in [0.1, 0.15) is 17.5 Å². The number of hydrogen-bond donors (Lipinski definition) is 2. The summed E-state index contributed by atoms with van der Waals surface area (Å²) < 4.78 is 16.8. The summed E-state index contributed by atoms with van der Waals surface area (Å²) in [5.41, 5.74) is 1.79. The van der Waals surface area contributed by atoms with E-state index in [9.17, 15) is 4.39 Å². The van der Waals surface area contributed by atoms with Crippen LogP contribution in [-0.4, -0.2) is 50.1 Å². The molecule has 3 heterocycles. The van der Waals surface area contributed by atoms with E-state index in [-0.39, 0.29) is 11.9 Å². The second-order valence-corrected chi connectivity index (χ2v) is 7.11. The zero-order valence-corrected chi connectivity index (χ0v) is 16.6. The molecule has 1 atom stereocenters. The lowest BCUT2D eigenvalue weighted by molar-refractivity contribution is 0.392. The molecule has 2 N–H and O–H groups in total. The first-order valence-electron chi connectivity index (χ1n) is 9.79. The van der Waals surface area contributed by atoms with Crippen molar-refractivity contribution in [1.82, 2.24) is 35.2 Å². The van der Waals surface area contributed by atoms with Crippen molar-refractivity contribution in [1.29, 1.82) is 0 Å². The molecule has 8 nitrogen and oxygen atoms in total. The van der Waals surface area contributed by atoms with E-state index in [1.54, 1.807) is 23.9 Å². The van der Waals surface area contributed by atoms with Crippen LogP contribution < -0.4 is 10.6 Å². The Bertz CT molecular complexity index is 988. The molecule has 2 aromatic heterocycles. The molecule has 1 aliphatic heterocycles. The van der Waals surface area contributed by atoms with Gasteiger partial charge >= 0.3 is 0 Å². The average Bonchev–Trinajstić information content (AvgIpc) is 3.33. The van der Waals surface area contributed by atoms with Crippen LogP contribution in [-0.2, 0) is 19.4 Å². The molecule has 0 spiro atoms. The zero-order chi connectivity index (χ0) is 20.2. The van der Waals surface area contributed by atoms with Gasteiger partial charge in [0.15, 0.2) is 5.96 Å². The number of hydrogen-bond acceptors (Lipinski definition) is 4. The van der Waals surface area contributed by atoms with Gasteiger partial charge in [0, 0.05) is 38.7 Å². The maximum absolute atomic E-state index is 13.1. The molecular formula is C20H25FN8. The highest BCUT2D eigenvalue weighted by Gasteiger charge is 2.21. The third-order valence-corrected chi connectivity index (χ3v) is 4.94. The summed E-state index contributed by atoms with van der Waals surface area (Å²) in [6.07, 6.45) is 4.55. The van der Waals surface area contributed by atoms with E-state index in [0.717, 1.165) is 54.8 Å². The van der Waals surface area contributed by atoms with Crippen molar-refractivity contribution in [3.8, 4) is 5.69 Å². The van der Waals surface area contributed by atoms with E-state index in [1.165, 1.54) is 12.1 Å². The first kappa shape index (κ1) is 19.1. The van der Waals surface area contributed by atoms with Crippen molar-refractivity contribution < 1.29 is 4.39 Å². The number of aryl methyl sites for hydroxylation is 2. The first-order chi connectivity index (χ1) is 14.1. The highest BCUT2D eigenvalue weighted by molar-refractivity contribution is 5.79. The van der Waals surface area contributed by atoms with Crippen molar-refractivity contribution in [2.75, 3.05) is 13.6 Å². The van der Waals surface area contributed by atoms with E-state index in [1.807, 2.05) is 23.9 Å². The van der Waals surface area contributed by atoms with E-state index >= 15 is 0 Å². The molecular weight excluding hydrogens is 371 g/mol. The zero-order valence-electron chi connectivity index (χ0n) is 16.6. The molecule has 29 heavy (non-hydrogen) atoms. The predicted molar refractivity (Wildman–Crippen MR) is 109 cm³/mol. The van der Waals surface area contributed by atoms with Crippen molar-refractivity contribution in [2.24, 2.45) is 4.99 Å². The lowest BCUT2D eigenvalue weighted by Gasteiger charge is -2.25. The highest BCUT2D eigenvalue weighted by atomic mass is 19.1. The van der Waals surface area contributed by atoms with Gasteiger partial charge in [-0.05, 0) is 43.7 Å². The number of rotatable bonds is 5. The van der Waals surface area contributed by atoms with Gasteiger partial charge in [-0.2, -0.15) is 10.2 Å². The number of guanidine groups is 1. The number of benzene rings is 1. The quantitative estimate of drug-likeness (QED) is 0.506. The molecule has 0 fully saturated rings. The predicted octanol–water partition coefficient (Wildman–Crippen LogP) is 1.63. The van der Waals surface area contributed by atoms with Crippen LogP contribution in [0.3, 0.4) is 0 Å². The molecule has 0 bridgehead atoms. The smallest absolute Gasteiger partial charge is 0.191 e. The van der Waals surface area contributed by atoms with Gasteiger partial charge in [-0.1, -0.05) is 0 Å². The summed E-state index contributed by atoms with van der Waals surface area (Å²) in [4.78, 5) is 8.77. The van der Waals surface area contributed by atoms with Gasteiger partial charge in [-0.15, -0.1) is 0 Å². The monoisotopic (exact) mass is 396 g/mol. The van der Waals surface area contributed by atoms with Gasteiger partial charge in [-0.25, -0.2) is 18.7 Å². The Balaban J connectivity index is 1.27. The summed E-state index contributed by atoms with van der Waals surface area (Å²) in [7, 11) is 1.77. The molecule has 0 saturated heterocycles. The molecule has 152 valence electrons. The third-order valence-electron chi connectivity index (χ3n) is 4.94. The van der Waals surface area contributed by atoms with E-state index < -0.39 is 0 Å². The van der Waals surface area contributed by atoms with Gasteiger partial charge in [0.05, 0.1) is 17.9 Å². The first-order valence-corrected chi connectivity index (χ1v) is 9.79. The number of aromatic nitrogens is 5. The van der Waals surface area contributed by atoms with Crippen molar-refractivity contribution in [3.05, 3.63) is 59.7 Å². The highest BCUT2D eigenvalue weighted by Crippen LogP contribution is 2.13. The second-order valence-electron chi connectivity index (χ2n) is 7.11. The minimum Gasteiger partial charge on any atom is -0.356 e. The number of nitrogens with one attached hydrogen (secondary N) is 2. The molecule has 0 radical (unpaired) electrons. The summed E-state index contributed by atoms with van der Waals surface area (Å²) in [6, 6.07) is 8.53. The van der Waals surface area contributed by atoms with E-state index in [2.05, 4.69) is 30.8 Å². The molecule has 4 rings (SSSR count). The molecule has 0 aliphatic carbocycles. The topological polar surface area (TPSA) is 84.9 Å². The Labute approximate surface area is 168 Å². The van der Waals surface area contributed by atoms with Crippen molar-refractivity contribution in [3.63, 3.8) is 0 Å². The van der Waals surface area contributed by atoms with Crippen LogP contribution in [0, 0.1) is 12.7 Å². The lowest BCUT2D eigenvalue weighted by atomic mass is 10.1. The average molecular weight is 396 g/mol. The number of halogens is 1. The fourth-order valence-corrected chi connectivity index (χ4v) is 3.48. The molecule has 1 aliphatic rings. The van der Waals surface area contributed by atoms with Crippen LogP contribution in [0.1, 0.15) is 23.8 Å². The summed E-state index contributed by atoms with van der Waals surface area (Å²) in [6.45, 7) is 3.42. The van der Waals surface area contributed by atoms with Crippen LogP contribution in [0.2, 0.25) is 0 Å². The molecule has 1 aromatic carbocycles. The molecule has 1 unspecified atom stereocenters. The van der Waals surface area contributed by atoms with E-state index in [4.69, 9.17) is 0 Å². The number of aliphatic imine (C=N–C) groups is 1. The third kappa shape index (κ3) is 4.61. The summed E-state index contributed by atoms with van der Waals surface area (Å²) >= 11 is 0. The normalized spacial score (nSPS) is 16.5. The van der Waals surface area contributed by atoms with Gasteiger partial charge in [-0.3, -0.25) is 4.99 Å². The molecule has 0 amide bonds. The van der Waals surface area contributed by atoms with Gasteiger partial charge in [0.25, 0.3) is 0 Å². The van der Waals surface area contributed by atoms with Crippen molar-refractivity contribution in [2.45, 2.75) is 38.8 Å². The van der Waals surface area contributed by atoms with Gasteiger partial charge in [0.2, 0.25) is 0 Å². The fraction of sp³-hybridized carbons (Fsp3) is 0.400. The SMILES string of the molecule is CN=C(NCCc1ccn(-c2ccc(F)cc2)n1)NC1CCc2nc(C)nn2C1.